The highest BCUT2D eigenvalue weighted by Crippen LogP contribution is 2.33. The quantitative estimate of drug-likeness (QED) is 0.741. The molecule has 0 spiro atoms. The number of halogens is 2. The summed E-state index contributed by atoms with van der Waals surface area (Å²) in [6.45, 7) is 1.15. The maximum Gasteiger partial charge on any atom is 0.132 e. The van der Waals surface area contributed by atoms with Crippen LogP contribution >= 0.6 is 0 Å². The van der Waals surface area contributed by atoms with Gasteiger partial charge in [0.25, 0.3) is 0 Å². The minimum absolute atomic E-state index is 0.188. The molecule has 2 N–H and O–H groups in total. The first-order valence-corrected chi connectivity index (χ1v) is 5.01. The Balaban J connectivity index is 2.42. The molecule has 0 bridgehead atoms. The monoisotopic (exact) mass is 213 g/mol. The van der Waals surface area contributed by atoms with Gasteiger partial charge in [0.05, 0.1) is 11.2 Å². The van der Waals surface area contributed by atoms with E-state index in [0.29, 0.717) is 25.9 Å². The molecule has 0 unspecified atom stereocenters. The maximum absolute atomic E-state index is 13.5. The fourth-order valence-electron chi connectivity index (χ4n) is 2.03. The second-order valence-corrected chi connectivity index (χ2v) is 3.88. The van der Waals surface area contributed by atoms with Gasteiger partial charge in [-0.25, -0.2) is 8.78 Å². The minimum Gasteiger partial charge on any atom is -0.385 e. The van der Waals surface area contributed by atoms with Gasteiger partial charge in [-0.1, -0.05) is 6.07 Å². The van der Waals surface area contributed by atoms with E-state index in [-0.39, 0.29) is 5.56 Å². The van der Waals surface area contributed by atoms with Crippen molar-refractivity contribution in [2.24, 2.45) is 0 Å². The summed E-state index contributed by atoms with van der Waals surface area (Å²) in [6.07, 6.45) is 0.676. The summed E-state index contributed by atoms with van der Waals surface area (Å²) in [5, 5.41) is 13.2. The lowest BCUT2D eigenvalue weighted by molar-refractivity contribution is -0.000589. The minimum atomic E-state index is -1.36. The lowest BCUT2D eigenvalue weighted by atomic mass is 9.84. The lowest BCUT2D eigenvalue weighted by Gasteiger charge is -2.33. The normalized spacial score (nSPS) is 20.2. The summed E-state index contributed by atoms with van der Waals surface area (Å²) in [4.78, 5) is 0. The predicted molar refractivity (Wildman–Crippen MR) is 52.4 cm³/mol. The Hall–Kier alpha value is -1.00. The Morgan fingerprint density at radius 1 is 1.13 bits per heavy atom. The molecule has 0 saturated carbocycles. The number of benzene rings is 1. The average Bonchev–Trinajstić information content (AvgIpc) is 2.18. The molecule has 1 aliphatic rings. The van der Waals surface area contributed by atoms with Crippen LogP contribution in [0.5, 0.6) is 0 Å². The van der Waals surface area contributed by atoms with Gasteiger partial charge in [0, 0.05) is 0 Å². The van der Waals surface area contributed by atoms with Gasteiger partial charge in [-0.3, -0.25) is 0 Å². The number of aliphatic hydroxyl groups is 1. The number of rotatable bonds is 1. The van der Waals surface area contributed by atoms with Crippen LogP contribution in [0.1, 0.15) is 18.4 Å². The van der Waals surface area contributed by atoms with E-state index in [1.807, 2.05) is 0 Å². The molecule has 1 saturated heterocycles. The van der Waals surface area contributed by atoms with Gasteiger partial charge in [0.2, 0.25) is 0 Å². The van der Waals surface area contributed by atoms with Gasteiger partial charge < -0.3 is 10.4 Å². The molecule has 0 radical (unpaired) electrons. The van der Waals surface area contributed by atoms with E-state index in [1.54, 1.807) is 0 Å². The molecule has 1 aromatic carbocycles. The molecule has 15 heavy (non-hydrogen) atoms. The second kappa shape index (κ2) is 3.87. The van der Waals surface area contributed by atoms with Crippen LogP contribution < -0.4 is 5.32 Å². The Labute approximate surface area is 86.9 Å². The zero-order valence-electron chi connectivity index (χ0n) is 8.26. The summed E-state index contributed by atoms with van der Waals surface area (Å²) < 4.78 is 26.9. The first-order valence-electron chi connectivity index (χ1n) is 5.01. The first-order chi connectivity index (χ1) is 7.13. The molecule has 0 aliphatic carbocycles. The summed E-state index contributed by atoms with van der Waals surface area (Å²) in [5.74, 6) is -1.33. The molecule has 2 nitrogen and oxygen atoms in total. The lowest BCUT2D eigenvalue weighted by Crippen LogP contribution is -2.40. The van der Waals surface area contributed by atoms with E-state index in [1.165, 1.54) is 18.2 Å². The summed E-state index contributed by atoms with van der Waals surface area (Å²) in [6, 6.07) is 3.66. The van der Waals surface area contributed by atoms with Crippen LogP contribution in [0.4, 0.5) is 8.78 Å². The van der Waals surface area contributed by atoms with Crippen LogP contribution in [0.3, 0.4) is 0 Å². The summed E-state index contributed by atoms with van der Waals surface area (Å²) in [7, 11) is 0. The van der Waals surface area contributed by atoms with Crippen LogP contribution in [-0.4, -0.2) is 18.2 Å². The van der Waals surface area contributed by atoms with Crippen LogP contribution in [0.25, 0.3) is 0 Å². The van der Waals surface area contributed by atoms with Crippen molar-refractivity contribution in [1.82, 2.24) is 5.32 Å². The maximum atomic E-state index is 13.5. The molecule has 82 valence electrons. The Morgan fingerprint density at radius 2 is 1.67 bits per heavy atom. The fraction of sp³-hybridized carbons (Fsp3) is 0.455. The largest absolute Gasteiger partial charge is 0.385 e. The molecule has 4 heteroatoms. The Bertz CT molecular complexity index is 341. The van der Waals surface area contributed by atoms with E-state index in [0.717, 1.165) is 0 Å². The molecular weight excluding hydrogens is 200 g/mol. The van der Waals surface area contributed by atoms with Crippen molar-refractivity contribution in [1.29, 1.82) is 0 Å². The van der Waals surface area contributed by atoms with Crippen LogP contribution in [0, 0.1) is 11.6 Å². The van der Waals surface area contributed by atoms with E-state index in [2.05, 4.69) is 5.32 Å². The van der Waals surface area contributed by atoms with Gasteiger partial charge in [0.1, 0.15) is 11.6 Å². The highest BCUT2D eigenvalue weighted by molar-refractivity contribution is 5.26. The van der Waals surface area contributed by atoms with E-state index >= 15 is 0 Å². The van der Waals surface area contributed by atoms with Gasteiger partial charge in [0.15, 0.2) is 0 Å². The topological polar surface area (TPSA) is 32.3 Å². The molecular formula is C11H13F2NO. The molecule has 0 atom stereocenters. The smallest absolute Gasteiger partial charge is 0.132 e. The van der Waals surface area contributed by atoms with Gasteiger partial charge in [-0.05, 0) is 38.1 Å². The second-order valence-electron chi connectivity index (χ2n) is 3.88. The zero-order chi connectivity index (χ0) is 10.9. The van der Waals surface area contributed by atoms with Crippen molar-refractivity contribution in [3.8, 4) is 0 Å². The molecule has 1 fully saturated rings. The van der Waals surface area contributed by atoms with E-state index in [4.69, 9.17) is 0 Å². The van der Waals surface area contributed by atoms with Crippen LogP contribution in [-0.2, 0) is 5.60 Å². The highest BCUT2D eigenvalue weighted by atomic mass is 19.1. The molecule has 1 heterocycles. The van der Waals surface area contributed by atoms with Gasteiger partial charge >= 0.3 is 0 Å². The third-order valence-electron chi connectivity index (χ3n) is 2.86. The summed E-state index contributed by atoms with van der Waals surface area (Å²) >= 11 is 0. The molecule has 1 aromatic rings. The van der Waals surface area contributed by atoms with Crippen molar-refractivity contribution in [3.63, 3.8) is 0 Å². The zero-order valence-corrected chi connectivity index (χ0v) is 8.26. The summed E-state index contributed by atoms with van der Waals surface area (Å²) in [5.41, 5.74) is -1.55. The number of piperidine rings is 1. The number of hydrogen-bond acceptors (Lipinski definition) is 2. The van der Waals surface area contributed by atoms with Gasteiger partial charge in [-0.2, -0.15) is 0 Å². The van der Waals surface area contributed by atoms with Crippen molar-refractivity contribution >= 4 is 0 Å². The van der Waals surface area contributed by atoms with Crippen molar-refractivity contribution in [2.45, 2.75) is 18.4 Å². The number of nitrogens with one attached hydrogen (secondary N) is 1. The highest BCUT2D eigenvalue weighted by Gasteiger charge is 2.35. The van der Waals surface area contributed by atoms with Crippen molar-refractivity contribution < 1.29 is 13.9 Å². The first kappa shape index (κ1) is 10.5. The van der Waals surface area contributed by atoms with Crippen molar-refractivity contribution in [3.05, 3.63) is 35.4 Å². The predicted octanol–water partition coefficient (Wildman–Crippen LogP) is 1.54. The van der Waals surface area contributed by atoms with Crippen LogP contribution in [0.15, 0.2) is 18.2 Å². The van der Waals surface area contributed by atoms with E-state index < -0.39 is 17.2 Å². The van der Waals surface area contributed by atoms with Crippen LogP contribution in [0.2, 0.25) is 0 Å². The van der Waals surface area contributed by atoms with Gasteiger partial charge in [-0.15, -0.1) is 0 Å². The SMILES string of the molecule is OC1(c2c(F)cccc2F)CCNCC1. The van der Waals surface area contributed by atoms with Crippen molar-refractivity contribution in [2.75, 3.05) is 13.1 Å². The third kappa shape index (κ3) is 1.87. The third-order valence-corrected chi connectivity index (χ3v) is 2.86. The molecule has 0 aromatic heterocycles. The number of hydrogen-bond donors (Lipinski definition) is 2. The van der Waals surface area contributed by atoms with E-state index in [9.17, 15) is 13.9 Å². The molecule has 2 rings (SSSR count). The Morgan fingerprint density at radius 3 is 2.20 bits per heavy atom. The average molecular weight is 213 g/mol. The molecule has 0 amide bonds. The Kier molecular flexibility index (Phi) is 2.71. The standard InChI is InChI=1S/C11H13F2NO/c12-8-2-1-3-9(13)10(8)11(15)4-6-14-7-5-11/h1-3,14-15H,4-7H2. The fourth-order valence-corrected chi connectivity index (χ4v) is 2.03. The molecule has 1 aliphatic heterocycles.